The molecule has 0 radical (unpaired) electrons. The molecule has 2 aliphatic carbocycles. The average Bonchev–Trinajstić information content (AvgIpc) is 3.08. The second-order valence-electron chi connectivity index (χ2n) is 6.24. The first-order valence-corrected chi connectivity index (χ1v) is 7.33. The van der Waals surface area contributed by atoms with Gasteiger partial charge in [-0.2, -0.15) is 0 Å². The van der Waals surface area contributed by atoms with Gasteiger partial charge in [-0.15, -0.1) is 0 Å². The molecule has 0 saturated heterocycles. The monoisotopic (exact) mass is 261 g/mol. The van der Waals surface area contributed by atoms with Crippen LogP contribution in [0.3, 0.4) is 0 Å². The third-order valence-electron chi connectivity index (χ3n) is 4.78. The zero-order valence-corrected chi connectivity index (χ0v) is 11.6. The zero-order chi connectivity index (χ0) is 13.5. The summed E-state index contributed by atoms with van der Waals surface area (Å²) in [4.78, 5) is 12.5. The van der Waals surface area contributed by atoms with Crippen LogP contribution < -0.4 is 11.1 Å². The first-order chi connectivity index (χ1) is 9.14. The average molecular weight is 261 g/mol. The van der Waals surface area contributed by atoms with Crippen molar-refractivity contribution in [1.82, 2.24) is 9.88 Å². The lowest BCUT2D eigenvalue weighted by Crippen LogP contribution is -2.53. The van der Waals surface area contributed by atoms with Gasteiger partial charge in [-0.05, 0) is 57.1 Å². The summed E-state index contributed by atoms with van der Waals surface area (Å²) in [5, 5.41) is 3.17. The number of aromatic nitrogens is 1. The molecule has 3 rings (SSSR count). The molecule has 2 fully saturated rings. The lowest BCUT2D eigenvalue weighted by molar-refractivity contribution is 0.0882. The van der Waals surface area contributed by atoms with E-state index in [2.05, 4.69) is 16.8 Å². The molecular weight excluding hydrogens is 238 g/mol. The molecule has 0 bridgehead atoms. The van der Waals surface area contributed by atoms with E-state index in [-0.39, 0.29) is 11.4 Å². The number of carbonyl (C=O) groups excluding carboxylic acids is 1. The normalized spacial score (nSPS) is 22.6. The smallest absolute Gasteiger partial charge is 0.268 e. The summed E-state index contributed by atoms with van der Waals surface area (Å²) < 4.78 is 2.13. The van der Waals surface area contributed by atoms with E-state index in [0.717, 1.165) is 5.69 Å². The molecule has 4 heteroatoms. The Bertz CT molecular complexity index is 473. The molecule has 1 unspecified atom stereocenters. The molecular formula is C15H23N3O. The summed E-state index contributed by atoms with van der Waals surface area (Å²) in [7, 11) is 0. The summed E-state index contributed by atoms with van der Waals surface area (Å²) in [6.45, 7) is 2.58. The van der Waals surface area contributed by atoms with Gasteiger partial charge in [0, 0.05) is 18.8 Å². The summed E-state index contributed by atoms with van der Waals surface area (Å²) in [6.07, 6.45) is 8.02. The van der Waals surface area contributed by atoms with Crippen molar-refractivity contribution in [1.29, 1.82) is 0 Å². The van der Waals surface area contributed by atoms with Crippen LogP contribution in [0.1, 0.15) is 55.6 Å². The molecule has 1 atom stereocenters. The summed E-state index contributed by atoms with van der Waals surface area (Å²) in [5.74, 6) is 0.574. The van der Waals surface area contributed by atoms with Crippen molar-refractivity contribution in [3.63, 3.8) is 0 Å². The highest BCUT2D eigenvalue weighted by molar-refractivity contribution is 5.93. The first-order valence-electron chi connectivity index (χ1n) is 7.33. The summed E-state index contributed by atoms with van der Waals surface area (Å²) in [5.41, 5.74) is 6.40. The highest BCUT2D eigenvalue weighted by Gasteiger charge is 2.42. The number of carbonyl (C=O) groups is 1. The van der Waals surface area contributed by atoms with E-state index in [9.17, 15) is 4.79 Å². The van der Waals surface area contributed by atoms with Crippen LogP contribution in [0.25, 0.3) is 0 Å². The van der Waals surface area contributed by atoms with E-state index >= 15 is 0 Å². The Hall–Kier alpha value is -1.29. The molecule has 1 aromatic heterocycles. The van der Waals surface area contributed by atoms with Crippen molar-refractivity contribution in [2.24, 2.45) is 11.7 Å². The van der Waals surface area contributed by atoms with Gasteiger partial charge < -0.3 is 15.6 Å². The molecule has 1 aromatic rings. The minimum Gasteiger partial charge on any atom is -0.344 e. The van der Waals surface area contributed by atoms with Gasteiger partial charge in [0.05, 0.1) is 5.54 Å². The molecule has 104 valence electrons. The predicted octanol–water partition coefficient (Wildman–Crippen LogP) is 2.07. The van der Waals surface area contributed by atoms with Crippen molar-refractivity contribution in [3.05, 3.63) is 24.0 Å². The van der Waals surface area contributed by atoms with Crippen molar-refractivity contribution >= 4 is 5.91 Å². The molecule has 2 saturated carbocycles. The van der Waals surface area contributed by atoms with E-state index in [0.29, 0.717) is 18.5 Å². The minimum atomic E-state index is -0.244. The van der Waals surface area contributed by atoms with Crippen molar-refractivity contribution < 1.29 is 4.79 Å². The van der Waals surface area contributed by atoms with Gasteiger partial charge in [0.25, 0.3) is 5.91 Å². The Morgan fingerprint density at radius 2 is 2.21 bits per heavy atom. The molecule has 3 N–H and O–H groups in total. The fourth-order valence-electron chi connectivity index (χ4n) is 2.93. The van der Waals surface area contributed by atoms with Gasteiger partial charge in [0.2, 0.25) is 0 Å². The fourth-order valence-corrected chi connectivity index (χ4v) is 2.93. The molecule has 19 heavy (non-hydrogen) atoms. The van der Waals surface area contributed by atoms with Crippen LogP contribution in [-0.4, -0.2) is 22.6 Å². The number of amides is 1. The maximum Gasteiger partial charge on any atom is 0.268 e. The van der Waals surface area contributed by atoms with Gasteiger partial charge >= 0.3 is 0 Å². The number of nitrogens with zero attached hydrogens (tertiary/aromatic N) is 1. The quantitative estimate of drug-likeness (QED) is 0.852. The number of nitrogens with one attached hydrogen (secondary N) is 1. The Kier molecular flexibility index (Phi) is 3.13. The lowest BCUT2D eigenvalue weighted by Gasteiger charge is -2.32. The summed E-state index contributed by atoms with van der Waals surface area (Å²) >= 11 is 0. The van der Waals surface area contributed by atoms with Crippen molar-refractivity contribution in [2.75, 3.05) is 6.54 Å². The third-order valence-corrected chi connectivity index (χ3v) is 4.78. The van der Waals surface area contributed by atoms with E-state index in [1.807, 2.05) is 18.3 Å². The van der Waals surface area contributed by atoms with Crippen LogP contribution in [-0.2, 0) is 0 Å². The van der Waals surface area contributed by atoms with E-state index in [4.69, 9.17) is 5.73 Å². The fraction of sp³-hybridized carbons (Fsp3) is 0.667. The van der Waals surface area contributed by atoms with Crippen LogP contribution in [0.15, 0.2) is 18.3 Å². The van der Waals surface area contributed by atoms with Gasteiger partial charge in [-0.1, -0.05) is 0 Å². The number of nitrogens with two attached hydrogens (primary N) is 1. The van der Waals surface area contributed by atoms with E-state index in [1.54, 1.807) is 0 Å². The zero-order valence-electron chi connectivity index (χ0n) is 11.6. The van der Waals surface area contributed by atoms with Crippen LogP contribution in [0.5, 0.6) is 0 Å². The molecule has 1 heterocycles. The number of hydrogen-bond acceptors (Lipinski definition) is 2. The molecule has 2 aliphatic rings. The lowest BCUT2D eigenvalue weighted by atomic mass is 9.92. The number of hydrogen-bond donors (Lipinski definition) is 2. The van der Waals surface area contributed by atoms with E-state index in [1.165, 1.54) is 32.1 Å². The SMILES string of the molecule is CC(CN)(NC(=O)c1cccn1C1CCC1)C1CC1. The minimum absolute atomic E-state index is 0.0248. The standard InChI is InChI=1S/C15H23N3O/c1-15(10-16,11-7-8-11)17-14(19)13-6-3-9-18(13)12-4-2-5-12/h3,6,9,11-12H,2,4-5,7-8,10,16H2,1H3,(H,17,19). The Morgan fingerprint density at radius 3 is 2.74 bits per heavy atom. The highest BCUT2D eigenvalue weighted by Crippen LogP contribution is 2.39. The van der Waals surface area contributed by atoms with Crippen molar-refractivity contribution in [3.8, 4) is 0 Å². The Morgan fingerprint density at radius 1 is 1.47 bits per heavy atom. The first kappa shape index (κ1) is 12.7. The maximum atomic E-state index is 12.5. The predicted molar refractivity (Wildman–Crippen MR) is 75.0 cm³/mol. The van der Waals surface area contributed by atoms with Crippen LogP contribution in [0, 0.1) is 5.92 Å². The highest BCUT2D eigenvalue weighted by atomic mass is 16.2. The van der Waals surface area contributed by atoms with Gasteiger partial charge in [0.1, 0.15) is 5.69 Å². The summed E-state index contributed by atoms with van der Waals surface area (Å²) in [6, 6.07) is 4.39. The Balaban J connectivity index is 1.74. The third kappa shape index (κ3) is 2.29. The van der Waals surface area contributed by atoms with E-state index < -0.39 is 0 Å². The second-order valence-corrected chi connectivity index (χ2v) is 6.24. The molecule has 4 nitrogen and oxygen atoms in total. The largest absolute Gasteiger partial charge is 0.344 e. The second kappa shape index (κ2) is 4.67. The van der Waals surface area contributed by atoms with Gasteiger partial charge in [-0.3, -0.25) is 4.79 Å². The van der Waals surface area contributed by atoms with Crippen LogP contribution >= 0.6 is 0 Å². The van der Waals surface area contributed by atoms with Gasteiger partial charge in [0.15, 0.2) is 0 Å². The molecule has 0 aliphatic heterocycles. The van der Waals surface area contributed by atoms with Crippen molar-refractivity contribution in [2.45, 2.75) is 50.6 Å². The molecule has 1 amide bonds. The Labute approximate surface area is 114 Å². The maximum absolute atomic E-state index is 12.5. The van der Waals surface area contributed by atoms with Gasteiger partial charge in [-0.25, -0.2) is 0 Å². The topological polar surface area (TPSA) is 60.0 Å². The number of rotatable bonds is 5. The van der Waals surface area contributed by atoms with Crippen LogP contribution in [0.4, 0.5) is 0 Å². The van der Waals surface area contributed by atoms with Crippen LogP contribution in [0.2, 0.25) is 0 Å². The molecule has 0 spiro atoms. The molecule has 0 aromatic carbocycles.